The molecular formula is C20H16F6N4O3. The summed E-state index contributed by atoms with van der Waals surface area (Å²) in [6, 6.07) is 3.00. The lowest BCUT2D eigenvalue weighted by Gasteiger charge is -2.30. The van der Waals surface area contributed by atoms with E-state index in [9.17, 15) is 36.2 Å². The van der Waals surface area contributed by atoms with Crippen LogP contribution in [0, 0.1) is 12.5 Å². The highest BCUT2D eigenvalue weighted by atomic mass is 19.4. The monoisotopic (exact) mass is 474 g/mol. The van der Waals surface area contributed by atoms with Gasteiger partial charge in [-0.15, -0.1) is 0 Å². The molecule has 2 N–H and O–H groups in total. The molecule has 13 heteroatoms. The number of hydrogen-bond acceptors (Lipinski definition) is 4. The van der Waals surface area contributed by atoms with Gasteiger partial charge in [-0.3, -0.25) is 9.48 Å². The maximum Gasteiger partial charge on any atom is 0.435 e. The first-order chi connectivity index (χ1) is 15.3. The number of nitrogens with one attached hydrogen (secondary N) is 1. The molecule has 2 bridgehead atoms. The van der Waals surface area contributed by atoms with Gasteiger partial charge in [0.2, 0.25) is 11.6 Å². The van der Waals surface area contributed by atoms with E-state index in [-0.39, 0.29) is 23.5 Å². The highest BCUT2D eigenvalue weighted by molar-refractivity contribution is 5.97. The number of aryl methyl sites for hydroxylation is 1. The van der Waals surface area contributed by atoms with Crippen LogP contribution in [0.4, 0.5) is 37.7 Å². The third kappa shape index (κ3) is 4.04. The van der Waals surface area contributed by atoms with Crippen LogP contribution in [0.1, 0.15) is 29.3 Å². The molecule has 176 valence electrons. The Hall–Kier alpha value is -3.11. The second-order valence-corrected chi connectivity index (χ2v) is 7.90. The fourth-order valence-electron chi connectivity index (χ4n) is 4.45. The minimum atomic E-state index is -4.74. The van der Waals surface area contributed by atoms with Crippen molar-refractivity contribution in [1.82, 2.24) is 9.78 Å². The molecule has 3 heterocycles. The Kier molecular flexibility index (Phi) is 5.41. The Morgan fingerprint density at radius 1 is 1.24 bits per heavy atom. The van der Waals surface area contributed by atoms with Crippen LogP contribution in [0.5, 0.6) is 0 Å². The maximum absolute atomic E-state index is 13.1. The van der Waals surface area contributed by atoms with Crippen LogP contribution in [-0.2, 0) is 28.9 Å². The third-order valence-corrected chi connectivity index (χ3v) is 5.88. The molecule has 2 aliphatic rings. The van der Waals surface area contributed by atoms with Crippen molar-refractivity contribution < 1.29 is 41.0 Å². The molecule has 2 saturated heterocycles. The molecule has 4 rings (SSSR count). The van der Waals surface area contributed by atoms with E-state index in [1.165, 1.54) is 7.05 Å². The number of rotatable bonds is 3. The number of benzene rings is 1. The molecular weight excluding hydrogens is 458 g/mol. The van der Waals surface area contributed by atoms with Gasteiger partial charge in [0.05, 0.1) is 36.4 Å². The molecule has 2 fully saturated rings. The smallest absolute Gasteiger partial charge is 0.390 e. The van der Waals surface area contributed by atoms with Gasteiger partial charge in [-0.25, -0.2) is 4.85 Å². The summed E-state index contributed by atoms with van der Waals surface area (Å²) >= 11 is 0. The first-order valence-corrected chi connectivity index (χ1v) is 9.65. The molecule has 1 amide bonds. The number of aliphatic hydroxyl groups excluding tert-OH is 1. The Bertz CT molecular complexity index is 1140. The summed E-state index contributed by atoms with van der Waals surface area (Å²) in [4.78, 5) is 16.2. The van der Waals surface area contributed by atoms with Crippen LogP contribution < -0.4 is 5.32 Å². The van der Waals surface area contributed by atoms with Crippen LogP contribution in [-0.4, -0.2) is 39.1 Å². The number of aromatic nitrogens is 2. The number of anilines is 1. The van der Waals surface area contributed by atoms with E-state index in [0.29, 0.717) is 12.1 Å². The predicted octanol–water partition coefficient (Wildman–Crippen LogP) is 3.88. The van der Waals surface area contributed by atoms with Gasteiger partial charge in [0.25, 0.3) is 0 Å². The number of amides is 1. The largest absolute Gasteiger partial charge is 0.435 e. The Labute approximate surface area is 182 Å². The number of fused-ring (bicyclic) bond motifs is 2. The Balaban J connectivity index is 1.69. The van der Waals surface area contributed by atoms with E-state index in [0.717, 1.165) is 16.8 Å². The van der Waals surface area contributed by atoms with Crippen molar-refractivity contribution in [1.29, 1.82) is 0 Å². The topological polar surface area (TPSA) is 80.7 Å². The second kappa shape index (κ2) is 7.74. The van der Waals surface area contributed by atoms with Gasteiger partial charge < -0.3 is 15.2 Å². The summed E-state index contributed by atoms with van der Waals surface area (Å²) in [5.41, 5.74) is -2.90. The van der Waals surface area contributed by atoms with Crippen molar-refractivity contribution in [2.75, 3.05) is 5.32 Å². The fraction of sp³-hybridized carbons (Fsp3) is 0.450. The molecule has 2 aliphatic heterocycles. The zero-order chi connectivity index (χ0) is 24.3. The maximum atomic E-state index is 13.1. The van der Waals surface area contributed by atoms with Crippen molar-refractivity contribution in [3.05, 3.63) is 52.6 Å². The zero-order valence-corrected chi connectivity index (χ0v) is 16.8. The Morgan fingerprint density at radius 2 is 1.94 bits per heavy atom. The van der Waals surface area contributed by atoms with E-state index in [1.807, 2.05) is 0 Å². The highest BCUT2D eigenvalue weighted by Gasteiger charge is 2.58. The average Bonchev–Trinajstić information content (AvgIpc) is 3.38. The molecule has 1 aromatic heterocycles. The van der Waals surface area contributed by atoms with Crippen LogP contribution in [0.3, 0.4) is 0 Å². The van der Waals surface area contributed by atoms with Gasteiger partial charge in [-0.05, 0) is 12.1 Å². The number of nitrogens with zero attached hydrogens (tertiary/aromatic N) is 3. The summed E-state index contributed by atoms with van der Waals surface area (Å²) < 4.78 is 85.3. The van der Waals surface area contributed by atoms with Crippen LogP contribution >= 0.6 is 0 Å². The number of alkyl halides is 6. The van der Waals surface area contributed by atoms with E-state index < -0.39 is 59.7 Å². The molecule has 0 spiro atoms. The van der Waals surface area contributed by atoms with Crippen molar-refractivity contribution in [2.24, 2.45) is 13.0 Å². The molecule has 7 nitrogen and oxygen atoms in total. The molecule has 0 saturated carbocycles. The van der Waals surface area contributed by atoms with Gasteiger partial charge in [0.1, 0.15) is 0 Å². The standard InChI is InChI=1S/C20H16F6N4O3/c1-27-9-4-3-8(19(21,22)23)5-10(9)28-18(32)16-13-7-12(31)17(33-13)15(16)11-6-14(20(24,25)26)29-30(11)2/h3-6,12-13,15-17,31H,7H2,2H3,(H,28,32)/t12-,13+,15+,16-,17-/m0/s1. The summed E-state index contributed by atoms with van der Waals surface area (Å²) in [6.07, 6.45) is -12.3. The SMILES string of the molecule is [C-]#[N+]c1ccc(C(F)(F)F)cc1NC(=O)[C@@H]1[C@@H](c2cc(C(F)(F)F)nn2C)[C@H]2O[C@@H]1C[C@@H]2O. The fourth-order valence-corrected chi connectivity index (χ4v) is 4.45. The summed E-state index contributed by atoms with van der Waals surface area (Å²) in [6.45, 7) is 7.15. The summed E-state index contributed by atoms with van der Waals surface area (Å²) in [7, 11) is 1.25. The molecule has 1 aromatic carbocycles. The average molecular weight is 474 g/mol. The second-order valence-electron chi connectivity index (χ2n) is 7.90. The van der Waals surface area contributed by atoms with Crippen molar-refractivity contribution in [3.8, 4) is 0 Å². The van der Waals surface area contributed by atoms with E-state index in [1.54, 1.807) is 0 Å². The van der Waals surface area contributed by atoms with Crippen LogP contribution in [0.15, 0.2) is 24.3 Å². The summed E-state index contributed by atoms with van der Waals surface area (Å²) in [5, 5.41) is 16.0. The highest BCUT2D eigenvalue weighted by Crippen LogP contribution is 2.50. The molecule has 33 heavy (non-hydrogen) atoms. The van der Waals surface area contributed by atoms with Crippen LogP contribution in [0.25, 0.3) is 4.85 Å². The first-order valence-electron chi connectivity index (χ1n) is 9.65. The Morgan fingerprint density at radius 3 is 2.52 bits per heavy atom. The molecule has 0 radical (unpaired) electrons. The van der Waals surface area contributed by atoms with Crippen molar-refractivity contribution >= 4 is 17.3 Å². The van der Waals surface area contributed by atoms with E-state index in [4.69, 9.17) is 11.3 Å². The zero-order valence-electron chi connectivity index (χ0n) is 16.8. The van der Waals surface area contributed by atoms with Crippen molar-refractivity contribution in [2.45, 2.75) is 43.0 Å². The lowest BCUT2D eigenvalue weighted by Crippen LogP contribution is -2.41. The lowest BCUT2D eigenvalue weighted by molar-refractivity contribution is -0.141. The molecule has 2 aromatic rings. The lowest BCUT2D eigenvalue weighted by atomic mass is 9.75. The third-order valence-electron chi connectivity index (χ3n) is 5.88. The van der Waals surface area contributed by atoms with Gasteiger partial charge in [-0.1, -0.05) is 12.1 Å². The number of ether oxygens (including phenoxy) is 1. The van der Waals surface area contributed by atoms with Gasteiger partial charge in [-0.2, -0.15) is 31.4 Å². The molecule has 0 unspecified atom stereocenters. The number of aliphatic hydroxyl groups is 1. The van der Waals surface area contributed by atoms with Gasteiger partial charge >= 0.3 is 12.4 Å². The number of halogens is 6. The minimum Gasteiger partial charge on any atom is -0.390 e. The van der Waals surface area contributed by atoms with E-state index in [2.05, 4.69) is 15.3 Å². The molecule has 0 aliphatic carbocycles. The van der Waals surface area contributed by atoms with Gasteiger partial charge in [0.15, 0.2) is 5.69 Å². The quantitative estimate of drug-likeness (QED) is 0.523. The normalized spacial score (nSPS) is 26.9. The number of carbonyl (C=O) groups is 1. The van der Waals surface area contributed by atoms with Crippen molar-refractivity contribution in [3.63, 3.8) is 0 Å². The number of carbonyl (C=O) groups excluding carboxylic acids is 1. The predicted molar refractivity (Wildman–Crippen MR) is 100 cm³/mol. The van der Waals surface area contributed by atoms with Crippen LogP contribution in [0.2, 0.25) is 0 Å². The first kappa shape index (κ1) is 23.1. The van der Waals surface area contributed by atoms with Gasteiger partial charge in [0, 0.05) is 30.8 Å². The summed E-state index contributed by atoms with van der Waals surface area (Å²) in [5.74, 6) is -2.99. The van der Waals surface area contributed by atoms with E-state index >= 15 is 0 Å². The minimum absolute atomic E-state index is 0.0110. The molecule has 5 atom stereocenters. The number of hydrogen-bond donors (Lipinski definition) is 2.